The van der Waals surface area contributed by atoms with Gasteiger partial charge in [-0.1, -0.05) is 96.8 Å². The minimum absolute atomic E-state index is 0.0248. The summed E-state index contributed by atoms with van der Waals surface area (Å²) in [6.45, 7) is 0.849. The third-order valence-electron chi connectivity index (χ3n) is 6.16. The van der Waals surface area contributed by atoms with Crippen molar-refractivity contribution in [2.24, 2.45) is 0 Å². The van der Waals surface area contributed by atoms with E-state index in [2.05, 4.69) is 21.4 Å². The van der Waals surface area contributed by atoms with Gasteiger partial charge in [-0.2, -0.15) is 0 Å². The Morgan fingerprint density at radius 1 is 0.711 bits per heavy atom. The SMILES string of the molecule is CCCCCCCCCCCCCCCCCC(=O)OC(=O)CC(CC(=O)O)(OOCC(O)CO)C(=O)O. The summed E-state index contributed by atoms with van der Waals surface area (Å²) in [6.07, 6.45) is 13.8. The zero-order valence-electron chi connectivity index (χ0n) is 22.9. The highest BCUT2D eigenvalue weighted by molar-refractivity contribution is 5.92. The molecule has 11 nitrogen and oxygen atoms in total. The summed E-state index contributed by atoms with van der Waals surface area (Å²) in [6, 6.07) is 0. The third kappa shape index (κ3) is 19.1. The normalized spacial score (nSPS) is 13.6. The van der Waals surface area contributed by atoms with E-state index in [0.29, 0.717) is 6.42 Å². The Labute approximate surface area is 225 Å². The third-order valence-corrected chi connectivity index (χ3v) is 6.16. The molecule has 11 heteroatoms. The summed E-state index contributed by atoms with van der Waals surface area (Å²) in [5.74, 6) is -5.54. The lowest BCUT2D eigenvalue weighted by Gasteiger charge is -2.25. The van der Waals surface area contributed by atoms with Gasteiger partial charge in [0.25, 0.3) is 0 Å². The lowest BCUT2D eigenvalue weighted by atomic mass is 9.96. The van der Waals surface area contributed by atoms with Crippen LogP contribution in [0.1, 0.15) is 122 Å². The Morgan fingerprint density at radius 3 is 1.61 bits per heavy atom. The van der Waals surface area contributed by atoms with Gasteiger partial charge in [-0.15, -0.1) is 0 Å². The van der Waals surface area contributed by atoms with Gasteiger partial charge in [0.1, 0.15) is 12.7 Å². The summed E-state index contributed by atoms with van der Waals surface area (Å²) >= 11 is 0. The smallest absolute Gasteiger partial charge is 0.340 e. The van der Waals surface area contributed by atoms with Crippen molar-refractivity contribution < 1.29 is 54.1 Å². The van der Waals surface area contributed by atoms with Crippen molar-refractivity contribution in [3.63, 3.8) is 0 Å². The fourth-order valence-corrected chi connectivity index (χ4v) is 3.92. The molecule has 4 N–H and O–H groups in total. The summed E-state index contributed by atoms with van der Waals surface area (Å²) in [4.78, 5) is 56.1. The number of carboxylic acids is 2. The van der Waals surface area contributed by atoms with Crippen LogP contribution in [0.5, 0.6) is 0 Å². The first-order chi connectivity index (χ1) is 18.2. The second kappa shape index (κ2) is 22.9. The fraction of sp³-hybridized carbons (Fsp3) is 0.852. The van der Waals surface area contributed by atoms with Crippen LogP contribution >= 0.6 is 0 Å². The Hall–Kier alpha value is -2.08. The zero-order valence-corrected chi connectivity index (χ0v) is 22.9. The molecule has 0 radical (unpaired) electrons. The summed E-state index contributed by atoms with van der Waals surface area (Å²) in [7, 11) is 0. The summed E-state index contributed by atoms with van der Waals surface area (Å²) < 4.78 is 4.65. The van der Waals surface area contributed by atoms with Gasteiger partial charge >= 0.3 is 23.9 Å². The van der Waals surface area contributed by atoms with Gasteiger partial charge in [-0.3, -0.25) is 14.4 Å². The molecule has 0 aromatic carbocycles. The minimum Gasteiger partial charge on any atom is -0.481 e. The first kappa shape index (κ1) is 35.9. The van der Waals surface area contributed by atoms with Crippen LogP contribution in [0, 0.1) is 0 Å². The molecular formula is C27H48O11. The summed E-state index contributed by atoms with van der Waals surface area (Å²) in [5.41, 5.74) is -2.67. The molecule has 0 bridgehead atoms. The lowest BCUT2D eigenvalue weighted by molar-refractivity contribution is -0.362. The second-order valence-corrected chi connectivity index (χ2v) is 9.80. The van der Waals surface area contributed by atoms with Crippen LogP contribution in [0.2, 0.25) is 0 Å². The average Bonchev–Trinajstić information content (AvgIpc) is 2.85. The minimum atomic E-state index is -2.67. The molecule has 0 aliphatic rings. The fourth-order valence-electron chi connectivity index (χ4n) is 3.92. The van der Waals surface area contributed by atoms with E-state index in [1.54, 1.807) is 0 Å². The molecule has 0 aliphatic heterocycles. The number of aliphatic carboxylic acids is 2. The predicted molar refractivity (Wildman–Crippen MR) is 138 cm³/mol. The van der Waals surface area contributed by atoms with Crippen LogP contribution in [0.4, 0.5) is 0 Å². The molecule has 0 amide bonds. The molecule has 2 unspecified atom stereocenters. The van der Waals surface area contributed by atoms with Gasteiger partial charge in [0.05, 0.1) is 19.4 Å². The van der Waals surface area contributed by atoms with E-state index in [9.17, 15) is 29.4 Å². The molecular weight excluding hydrogens is 500 g/mol. The second-order valence-electron chi connectivity index (χ2n) is 9.80. The number of hydrogen-bond acceptors (Lipinski definition) is 9. The Kier molecular flexibility index (Phi) is 21.6. The van der Waals surface area contributed by atoms with Gasteiger partial charge in [0, 0.05) is 6.42 Å². The van der Waals surface area contributed by atoms with Crippen molar-refractivity contribution in [3.05, 3.63) is 0 Å². The standard InChI is InChI=1S/C27H48O11/c1-2-3-4-5-6-7-8-9-10-11-12-13-14-15-16-17-24(32)37-25(33)19-27(26(34)35,18-23(30)31)38-36-21-22(29)20-28/h22,28-29H,2-21H2,1H3,(H,30,31)(H,34,35). The van der Waals surface area contributed by atoms with Crippen LogP contribution in [-0.4, -0.2) is 69.2 Å². The van der Waals surface area contributed by atoms with Gasteiger partial charge in [-0.25, -0.2) is 14.6 Å². The van der Waals surface area contributed by atoms with Crippen LogP contribution in [0.15, 0.2) is 0 Å². The molecule has 222 valence electrons. The van der Waals surface area contributed by atoms with E-state index < -0.39 is 61.6 Å². The number of carboxylic acid groups (broad SMARTS) is 2. The topological polar surface area (TPSA) is 177 Å². The van der Waals surface area contributed by atoms with Crippen molar-refractivity contribution in [3.8, 4) is 0 Å². The van der Waals surface area contributed by atoms with E-state index in [1.807, 2.05) is 0 Å². The molecule has 0 fully saturated rings. The Morgan fingerprint density at radius 2 is 1.18 bits per heavy atom. The monoisotopic (exact) mass is 548 g/mol. The first-order valence-electron chi connectivity index (χ1n) is 13.9. The highest BCUT2D eigenvalue weighted by Gasteiger charge is 2.47. The van der Waals surface area contributed by atoms with Crippen molar-refractivity contribution in [2.45, 2.75) is 134 Å². The summed E-state index contributed by atoms with van der Waals surface area (Å²) in [5, 5.41) is 36.5. The van der Waals surface area contributed by atoms with Crippen LogP contribution in [-0.2, 0) is 33.7 Å². The van der Waals surface area contributed by atoms with E-state index in [4.69, 9.17) is 10.2 Å². The Balaban J connectivity index is 4.11. The molecule has 0 saturated carbocycles. The van der Waals surface area contributed by atoms with E-state index in [-0.39, 0.29) is 6.42 Å². The number of carbonyl (C=O) groups is 4. The highest BCUT2D eigenvalue weighted by Crippen LogP contribution is 2.24. The maximum atomic E-state index is 12.1. The van der Waals surface area contributed by atoms with Gasteiger partial charge in [0.2, 0.25) is 5.60 Å². The largest absolute Gasteiger partial charge is 0.481 e. The van der Waals surface area contributed by atoms with Gasteiger partial charge in [-0.05, 0) is 6.42 Å². The molecule has 0 spiro atoms. The molecule has 0 rings (SSSR count). The molecule has 0 aliphatic carbocycles. The number of hydrogen-bond donors (Lipinski definition) is 4. The quantitative estimate of drug-likeness (QED) is 0.0398. The van der Waals surface area contributed by atoms with Crippen molar-refractivity contribution >= 4 is 23.9 Å². The van der Waals surface area contributed by atoms with Crippen molar-refractivity contribution in [1.29, 1.82) is 0 Å². The number of carbonyl (C=O) groups excluding carboxylic acids is 2. The van der Waals surface area contributed by atoms with Crippen LogP contribution in [0.25, 0.3) is 0 Å². The molecule has 0 saturated heterocycles. The van der Waals surface area contributed by atoms with E-state index in [1.165, 1.54) is 64.2 Å². The first-order valence-corrected chi connectivity index (χ1v) is 13.9. The highest BCUT2D eigenvalue weighted by atomic mass is 17.2. The van der Waals surface area contributed by atoms with Crippen LogP contribution < -0.4 is 0 Å². The van der Waals surface area contributed by atoms with Crippen molar-refractivity contribution in [2.75, 3.05) is 13.2 Å². The van der Waals surface area contributed by atoms with Crippen LogP contribution in [0.3, 0.4) is 0 Å². The molecule has 38 heavy (non-hydrogen) atoms. The van der Waals surface area contributed by atoms with Gasteiger partial charge in [0.15, 0.2) is 0 Å². The number of esters is 2. The number of ether oxygens (including phenoxy) is 1. The lowest BCUT2D eigenvalue weighted by Crippen LogP contribution is -2.46. The zero-order chi connectivity index (χ0) is 28.7. The Bertz CT molecular complexity index is 667. The molecule has 0 aromatic rings. The maximum Gasteiger partial charge on any atom is 0.340 e. The number of unbranched alkanes of at least 4 members (excludes halogenated alkanes) is 14. The molecule has 0 heterocycles. The van der Waals surface area contributed by atoms with Gasteiger partial charge < -0.3 is 25.2 Å². The maximum absolute atomic E-state index is 12.1. The van der Waals surface area contributed by atoms with Crippen molar-refractivity contribution in [1.82, 2.24) is 0 Å². The molecule has 2 atom stereocenters. The number of aliphatic hydroxyl groups excluding tert-OH is 2. The van der Waals surface area contributed by atoms with E-state index in [0.717, 1.165) is 25.7 Å². The average molecular weight is 549 g/mol. The number of aliphatic hydroxyl groups is 2. The number of rotatable bonds is 26. The molecule has 0 aromatic heterocycles. The van der Waals surface area contributed by atoms with E-state index >= 15 is 0 Å². The predicted octanol–water partition coefficient (Wildman–Crippen LogP) is 4.31.